The third kappa shape index (κ3) is 3.43. The summed E-state index contributed by atoms with van der Waals surface area (Å²) in [6, 6.07) is 16.2. The summed E-state index contributed by atoms with van der Waals surface area (Å²) in [6.07, 6.45) is -2.91. The number of anilines is 1. The molecule has 2 heterocycles. The molecule has 7 heteroatoms. The summed E-state index contributed by atoms with van der Waals surface area (Å²) in [4.78, 5) is 17.2. The quantitative estimate of drug-likeness (QED) is 0.457. The van der Waals surface area contributed by atoms with Crippen molar-refractivity contribution in [2.24, 2.45) is 0 Å². The second-order valence-electron chi connectivity index (χ2n) is 6.97. The molecule has 0 aliphatic heterocycles. The van der Waals surface area contributed by atoms with Crippen LogP contribution in [0.25, 0.3) is 16.5 Å². The van der Waals surface area contributed by atoms with Crippen molar-refractivity contribution in [1.29, 1.82) is 0 Å². The van der Waals surface area contributed by atoms with Gasteiger partial charge in [-0.15, -0.1) is 0 Å². The number of benzene rings is 2. The van der Waals surface area contributed by atoms with Gasteiger partial charge in [0.25, 0.3) is 5.91 Å². The maximum atomic E-state index is 13.5. The van der Waals surface area contributed by atoms with Gasteiger partial charge in [-0.3, -0.25) is 4.79 Å². The average molecular weight is 409 g/mol. The molecule has 4 nitrogen and oxygen atoms in total. The number of pyridine rings is 1. The number of nitrogens with zero attached hydrogens (tertiary/aromatic N) is 2. The third-order valence-corrected chi connectivity index (χ3v) is 5.03. The highest BCUT2D eigenvalue weighted by Crippen LogP contribution is 2.35. The van der Waals surface area contributed by atoms with Gasteiger partial charge in [0.2, 0.25) is 0 Å². The third-order valence-electron chi connectivity index (χ3n) is 5.03. The van der Waals surface area contributed by atoms with Crippen LogP contribution in [0.4, 0.5) is 19.0 Å². The minimum absolute atomic E-state index is 0.0117. The lowest BCUT2D eigenvalue weighted by molar-refractivity contribution is -0.137. The topological polar surface area (TPSA) is 46.9 Å². The average Bonchev–Trinajstić information content (AvgIpc) is 3.01. The summed E-state index contributed by atoms with van der Waals surface area (Å²) in [5.41, 5.74) is 0.471. The van der Waals surface area contributed by atoms with Gasteiger partial charge in [-0.25, -0.2) is 4.98 Å². The van der Waals surface area contributed by atoms with Crippen LogP contribution in [0.1, 0.15) is 27.3 Å². The summed E-state index contributed by atoms with van der Waals surface area (Å²) < 4.78 is 41.9. The predicted molar refractivity (Wildman–Crippen MR) is 110 cm³/mol. The van der Waals surface area contributed by atoms with Crippen LogP contribution in [-0.2, 0) is 6.18 Å². The van der Waals surface area contributed by atoms with E-state index in [1.54, 1.807) is 32.2 Å². The predicted octanol–water partition coefficient (Wildman–Crippen LogP) is 5.91. The molecule has 1 N–H and O–H groups in total. The van der Waals surface area contributed by atoms with E-state index < -0.39 is 17.6 Å². The van der Waals surface area contributed by atoms with E-state index in [0.29, 0.717) is 22.8 Å². The first-order valence-electron chi connectivity index (χ1n) is 9.28. The number of aryl methyl sites for hydroxylation is 1. The number of hydrogen-bond acceptors (Lipinski definition) is 2. The molecule has 0 saturated heterocycles. The van der Waals surface area contributed by atoms with Crippen molar-refractivity contribution in [3.05, 3.63) is 89.4 Å². The van der Waals surface area contributed by atoms with Crippen molar-refractivity contribution in [2.45, 2.75) is 20.0 Å². The Morgan fingerprint density at radius 1 is 1.00 bits per heavy atom. The summed E-state index contributed by atoms with van der Waals surface area (Å²) >= 11 is 0. The Kier molecular flexibility index (Phi) is 4.81. The molecule has 4 rings (SSSR count). The van der Waals surface area contributed by atoms with E-state index >= 15 is 0 Å². The first-order valence-corrected chi connectivity index (χ1v) is 9.28. The van der Waals surface area contributed by atoms with Gasteiger partial charge < -0.3 is 9.88 Å². The molecule has 2 aromatic heterocycles. The number of amides is 1. The van der Waals surface area contributed by atoms with Crippen molar-refractivity contribution >= 4 is 22.5 Å². The fourth-order valence-corrected chi connectivity index (χ4v) is 3.67. The van der Waals surface area contributed by atoms with E-state index in [9.17, 15) is 18.0 Å². The lowest BCUT2D eigenvalue weighted by atomic mass is 10.1. The Morgan fingerprint density at radius 3 is 2.47 bits per heavy atom. The highest BCUT2D eigenvalue weighted by Gasteiger charge is 2.34. The summed E-state index contributed by atoms with van der Waals surface area (Å²) in [5.74, 6) is -0.0266. The fraction of sp³-hybridized carbons (Fsp3) is 0.130. The Bertz CT molecular complexity index is 1250. The molecule has 0 radical (unpaired) electrons. The Balaban J connectivity index is 1.75. The normalized spacial score (nSPS) is 11.6. The zero-order chi connectivity index (χ0) is 21.5. The van der Waals surface area contributed by atoms with Crippen LogP contribution in [0.2, 0.25) is 0 Å². The van der Waals surface area contributed by atoms with Crippen LogP contribution in [0, 0.1) is 13.8 Å². The first-order chi connectivity index (χ1) is 14.3. The summed E-state index contributed by atoms with van der Waals surface area (Å²) in [5, 5.41) is 4.50. The number of carbonyl (C=O) groups is 1. The molecule has 0 fully saturated rings. The number of carbonyl (C=O) groups excluding carboxylic acids is 1. The van der Waals surface area contributed by atoms with E-state index in [-0.39, 0.29) is 5.69 Å². The van der Waals surface area contributed by atoms with Gasteiger partial charge in [-0.05, 0) is 43.5 Å². The van der Waals surface area contributed by atoms with E-state index in [1.807, 2.05) is 30.3 Å². The second-order valence-corrected chi connectivity index (χ2v) is 6.97. The van der Waals surface area contributed by atoms with Crippen molar-refractivity contribution in [3.63, 3.8) is 0 Å². The minimum atomic E-state index is -4.50. The number of alkyl halides is 3. The highest BCUT2D eigenvalue weighted by atomic mass is 19.4. The SMILES string of the molecule is Cc1cc(C(=O)Nc2nccc3ccccc23)c(C)n1-c1ccccc1C(F)(F)F. The largest absolute Gasteiger partial charge is 0.418 e. The molecule has 4 aromatic rings. The lowest BCUT2D eigenvalue weighted by Crippen LogP contribution is -2.15. The van der Waals surface area contributed by atoms with Crippen molar-refractivity contribution in [1.82, 2.24) is 9.55 Å². The van der Waals surface area contributed by atoms with E-state index in [1.165, 1.54) is 16.7 Å². The number of nitrogens with one attached hydrogen (secondary N) is 1. The maximum Gasteiger partial charge on any atom is 0.418 e. The van der Waals surface area contributed by atoms with Crippen LogP contribution in [0.15, 0.2) is 66.9 Å². The monoisotopic (exact) mass is 409 g/mol. The second kappa shape index (κ2) is 7.33. The lowest BCUT2D eigenvalue weighted by Gasteiger charge is -2.16. The van der Waals surface area contributed by atoms with Crippen LogP contribution >= 0.6 is 0 Å². The van der Waals surface area contributed by atoms with Crippen molar-refractivity contribution in [3.8, 4) is 5.69 Å². The van der Waals surface area contributed by atoms with Gasteiger partial charge >= 0.3 is 6.18 Å². The zero-order valence-corrected chi connectivity index (χ0v) is 16.3. The summed E-state index contributed by atoms with van der Waals surface area (Å²) in [7, 11) is 0. The summed E-state index contributed by atoms with van der Waals surface area (Å²) in [6.45, 7) is 3.30. The first kappa shape index (κ1) is 19.7. The molecule has 0 bridgehead atoms. The molecule has 1 amide bonds. The molecule has 30 heavy (non-hydrogen) atoms. The molecular weight excluding hydrogens is 391 g/mol. The maximum absolute atomic E-state index is 13.5. The Hall–Kier alpha value is -3.61. The zero-order valence-electron chi connectivity index (χ0n) is 16.3. The number of hydrogen-bond donors (Lipinski definition) is 1. The highest BCUT2D eigenvalue weighted by molar-refractivity contribution is 6.08. The molecule has 152 valence electrons. The molecule has 0 atom stereocenters. The van der Waals surface area contributed by atoms with Crippen molar-refractivity contribution in [2.75, 3.05) is 5.32 Å². The number of aromatic nitrogens is 2. The van der Waals surface area contributed by atoms with Gasteiger partial charge in [0.1, 0.15) is 5.82 Å². The van der Waals surface area contributed by atoms with Crippen LogP contribution < -0.4 is 5.32 Å². The number of para-hydroxylation sites is 1. The molecule has 0 saturated carbocycles. The number of fused-ring (bicyclic) bond motifs is 1. The molecule has 0 aliphatic carbocycles. The Morgan fingerprint density at radius 2 is 1.70 bits per heavy atom. The van der Waals surface area contributed by atoms with Gasteiger partial charge in [0.15, 0.2) is 0 Å². The standard InChI is InChI=1S/C23H18F3N3O/c1-14-13-18(15(2)29(14)20-10-6-5-9-19(20)23(24,25)26)22(30)28-21-17-8-4-3-7-16(17)11-12-27-21/h3-13H,1-2H3,(H,27,28,30). The van der Waals surface area contributed by atoms with E-state index in [0.717, 1.165) is 16.8 Å². The van der Waals surface area contributed by atoms with Gasteiger partial charge in [0, 0.05) is 23.0 Å². The molecule has 0 unspecified atom stereocenters. The number of halogens is 3. The molecule has 0 aliphatic rings. The van der Waals surface area contributed by atoms with Gasteiger partial charge in [-0.2, -0.15) is 13.2 Å². The van der Waals surface area contributed by atoms with Crippen LogP contribution in [0.3, 0.4) is 0 Å². The molecule has 2 aromatic carbocycles. The molecule has 0 spiro atoms. The smallest absolute Gasteiger partial charge is 0.317 e. The minimum Gasteiger partial charge on any atom is -0.317 e. The fourth-order valence-electron chi connectivity index (χ4n) is 3.67. The van der Waals surface area contributed by atoms with Gasteiger partial charge in [-0.1, -0.05) is 36.4 Å². The van der Waals surface area contributed by atoms with Crippen LogP contribution in [0.5, 0.6) is 0 Å². The van der Waals surface area contributed by atoms with E-state index in [2.05, 4.69) is 10.3 Å². The van der Waals surface area contributed by atoms with Crippen molar-refractivity contribution < 1.29 is 18.0 Å². The number of rotatable bonds is 3. The van der Waals surface area contributed by atoms with Crippen LogP contribution in [-0.4, -0.2) is 15.5 Å². The Labute approximate surface area is 171 Å². The van der Waals surface area contributed by atoms with E-state index in [4.69, 9.17) is 0 Å². The molecular formula is C23H18F3N3O. The van der Waals surface area contributed by atoms with Gasteiger partial charge in [0.05, 0.1) is 16.8 Å².